The molecule has 12 nitrogen and oxygen atoms in total. The Balaban J connectivity index is 1.39. The van der Waals surface area contributed by atoms with Crippen molar-refractivity contribution in [1.29, 1.82) is 0 Å². The van der Waals surface area contributed by atoms with E-state index < -0.39 is 33.2 Å². The summed E-state index contributed by atoms with van der Waals surface area (Å²) in [4.78, 5) is 46.9. The number of carbonyl (C=O) groups is 2. The lowest BCUT2D eigenvalue weighted by Gasteiger charge is -2.42. The second kappa shape index (κ2) is 8.82. The van der Waals surface area contributed by atoms with Crippen molar-refractivity contribution in [3.8, 4) is 0 Å². The first kappa shape index (κ1) is 22.1. The Morgan fingerprint density at radius 3 is 2.64 bits per heavy atom. The highest BCUT2D eigenvalue weighted by atomic mass is 35.5. The van der Waals surface area contributed by atoms with E-state index in [0.29, 0.717) is 18.5 Å². The Hall–Kier alpha value is -4.06. The van der Waals surface area contributed by atoms with Crippen molar-refractivity contribution in [3.63, 3.8) is 0 Å². The number of fused-ring (bicyclic) bond motifs is 1. The van der Waals surface area contributed by atoms with Crippen LogP contribution in [0.25, 0.3) is 10.9 Å². The number of benzene rings is 2. The van der Waals surface area contributed by atoms with E-state index in [1.54, 1.807) is 23.0 Å². The summed E-state index contributed by atoms with van der Waals surface area (Å²) in [6.07, 6.45) is 2.02. The van der Waals surface area contributed by atoms with Crippen molar-refractivity contribution in [3.05, 3.63) is 74.5 Å². The lowest BCUT2D eigenvalue weighted by Crippen LogP contribution is -2.61. The topological polar surface area (TPSA) is 154 Å². The third kappa shape index (κ3) is 4.07. The van der Waals surface area contributed by atoms with E-state index in [1.165, 1.54) is 30.3 Å². The van der Waals surface area contributed by atoms with Crippen LogP contribution in [-0.2, 0) is 11.3 Å². The molecule has 1 N–H and O–H groups in total. The highest BCUT2D eigenvalue weighted by Gasteiger charge is 2.52. The number of alkyl halides is 1. The molecule has 1 fully saturated rings. The van der Waals surface area contributed by atoms with Gasteiger partial charge in [0.15, 0.2) is 0 Å². The van der Waals surface area contributed by atoms with Crippen LogP contribution in [-0.4, -0.2) is 48.4 Å². The van der Waals surface area contributed by atoms with Crippen LogP contribution in [0.15, 0.2) is 48.7 Å². The largest absolute Gasteiger partial charge is 0.338 e. The summed E-state index contributed by atoms with van der Waals surface area (Å²) in [5, 5.41) is 28.8. The van der Waals surface area contributed by atoms with E-state index in [9.17, 15) is 29.8 Å². The van der Waals surface area contributed by atoms with Gasteiger partial charge in [0.2, 0.25) is 0 Å². The van der Waals surface area contributed by atoms with Crippen molar-refractivity contribution in [2.75, 3.05) is 6.54 Å². The number of likely N-dealkylation sites (tertiary alicyclic amines) is 1. The molecule has 1 saturated heterocycles. The van der Waals surface area contributed by atoms with Gasteiger partial charge >= 0.3 is 6.03 Å². The minimum absolute atomic E-state index is 0.0504. The SMILES string of the molecule is O=C(NCCCn1ncc2ccc([N+](=O)[O-])cc21)N1C(=O)C(Cl)C1c1ccccc1[N+](=O)[O-]. The van der Waals surface area contributed by atoms with Gasteiger partial charge in [0.25, 0.3) is 17.3 Å². The number of nitrogens with zero attached hydrogens (tertiary/aromatic N) is 5. The molecule has 170 valence electrons. The zero-order valence-electron chi connectivity index (χ0n) is 17.0. The van der Waals surface area contributed by atoms with Crippen molar-refractivity contribution in [1.82, 2.24) is 20.0 Å². The van der Waals surface area contributed by atoms with Gasteiger partial charge in [0.05, 0.1) is 33.2 Å². The molecule has 1 aliphatic heterocycles. The van der Waals surface area contributed by atoms with Gasteiger partial charge in [-0.2, -0.15) is 5.10 Å². The summed E-state index contributed by atoms with van der Waals surface area (Å²) in [6.45, 7) is 0.542. The highest BCUT2D eigenvalue weighted by Crippen LogP contribution is 2.42. The van der Waals surface area contributed by atoms with Gasteiger partial charge in [-0.3, -0.25) is 34.6 Å². The summed E-state index contributed by atoms with van der Waals surface area (Å²) in [5.74, 6) is -0.636. The molecule has 2 atom stereocenters. The smallest absolute Gasteiger partial charge is 0.324 e. The molecule has 1 aromatic heterocycles. The molecule has 0 saturated carbocycles. The molecule has 3 aromatic rings. The first-order chi connectivity index (χ1) is 15.8. The summed E-state index contributed by atoms with van der Waals surface area (Å²) in [7, 11) is 0. The number of nitrogens with one attached hydrogen (secondary N) is 1. The van der Waals surface area contributed by atoms with E-state index in [-0.39, 0.29) is 23.5 Å². The molecular weight excluding hydrogens is 456 g/mol. The number of urea groups is 1. The van der Waals surface area contributed by atoms with Crippen molar-refractivity contribution >= 4 is 45.8 Å². The fraction of sp³-hybridized carbons (Fsp3) is 0.250. The molecule has 0 radical (unpaired) electrons. The van der Waals surface area contributed by atoms with E-state index in [1.807, 2.05) is 0 Å². The Morgan fingerprint density at radius 2 is 1.91 bits per heavy atom. The second-order valence-electron chi connectivity index (χ2n) is 7.32. The van der Waals surface area contributed by atoms with Gasteiger partial charge in [0, 0.05) is 36.7 Å². The molecule has 13 heteroatoms. The van der Waals surface area contributed by atoms with Crippen molar-refractivity contribution < 1.29 is 19.4 Å². The number of aryl methyl sites for hydroxylation is 1. The van der Waals surface area contributed by atoms with E-state index >= 15 is 0 Å². The van der Waals surface area contributed by atoms with Crippen molar-refractivity contribution in [2.45, 2.75) is 24.4 Å². The van der Waals surface area contributed by atoms with Crippen LogP contribution in [0.3, 0.4) is 0 Å². The summed E-state index contributed by atoms with van der Waals surface area (Å²) in [6, 6.07) is 8.60. The number of aromatic nitrogens is 2. The predicted molar refractivity (Wildman–Crippen MR) is 117 cm³/mol. The lowest BCUT2D eigenvalue weighted by atomic mass is 9.92. The van der Waals surface area contributed by atoms with Gasteiger partial charge < -0.3 is 5.32 Å². The van der Waals surface area contributed by atoms with Gasteiger partial charge in [0.1, 0.15) is 5.38 Å². The zero-order chi connectivity index (χ0) is 23.7. The number of hydrogen-bond acceptors (Lipinski definition) is 7. The fourth-order valence-corrected chi connectivity index (χ4v) is 4.09. The van der Waals surface area contributed by atoms with Crippen LogP contribution in [0.1, 0.15) is 18.0 Å². The summed E-state index contributed by atoms with van der Waals surface area (Å²) >= 11 is 6.08. The summed E-state index contributed by atoms with van der Waals surface area (Å²) < 4.78 is 1.59. The molecule has 1 aliphatic rings. The molecule has 33 heavy (non-hydrogen) atoms. The Kier molecular flexibility index (Phi) is 5.92. The van der Waals surface area contributed by atoms with Gasteiger partial charge in [-0.1, -0.05) is 12.1 Å². The molecule has 2 heterocycles. The monoisotopic (exact) mass is 472 g/mol. The maximum Gasteiger partial charge on any atom is 0.324 e. The second-order valence-corrected chi connectivity index (χ2v) is 7.79. The number of imide groups is 1. The third-order valence-electron chi connectivity index (χ3n) is 5.36. The number of nitro benzene ring substituents is 2. The van der Waals surface area contributed by atoms with Crippen LogP contribution in [0.4, 0.5) is 16.2 Å². The van der Waals surface area contributed by atoms with E-state index in [2.05, 4.69) is 10.4 Å². The van der Waals surface area contributed by atoms with Crippen LogP contribution in [0, 0.1) is 20.2 Å². The van der Waals surface area contributed by atoms with Gasteiger partial charge in [-0.25, -0.2) is 4.79 Å². The number of amides is 3. The number of β-lactam (4-membered cyclic amide) rings is 1. The van der Waals surface area contributed by atoms with Crippen LogP contribution in [0.5, 0.6) is 0 Å². The zero-order valence-corrected chi connectivity index (χ0v) is 17.7. The Bertz CT molecular complexity index is 1280. The van der Waals surface area contributed by atoms with Crippen LogP contribution >= 0.6 is 11.6 Å². The number of rotatable bonds is 7. The lowest BCUT2D eigenvalue weighted by molar-refractivity contribution is -0.386. The average Bonchev–Trinajstić information content (AvgIpc) is 3.21. The van der Waals surface area contributed by atoms with Crippen LogP contribution < -0.4 is 5.32 Å². The standard InChI is InChI=1S/C20H17ClN6O6/c21-17-18(14-4-1-2-5-15(14)27(32)33)25(19(17)28)20(29)22-8-3-9-24-16-10-13(26(30)31)7-6-12(16)11-23-24/h1-2,4-7,10-11,17-18H,3,8-9H2,(H,22,29). The molecule has 3 amide bonds. The first-order valence-corrected chi connectivity index (χ1v) is 10.3. The predicted octanol–water partition coefficient (Wildman–Crippen LogP) is 3.14. The van der Waals surface area contributed by atoms with Crippen LogP contribution in [0.2, 0.25) is 0 Å². The van der Waals surface area contributed by atoms with Gasteiger partial charge in [-0.05, 0) is 18.6 Å². The maximum absolute atomic E-state index is 12.6. The number of para-hydroxylation sites is 1. The number of nitro groups is 2. The van der Waals surface area contributed by atoms with Crippen molar-refractivity contribution in [2.24, 2.45) is 0 Å². The first-order valence-electron chi connectivity index (χ1n) is 9.88. The fourth-order valence-electron chi connectivity index (χ4n) is 3.74. The molecular formula is C20H17ClN6O6. The minimum atomic E-state index is -1.08. The van der Waals surface area contributed by atoms with E-state index in [4.69, 9.17) is 11.6 Å². The van der Waals surface area contributed by atoms with Gasteiger partial charge in [-0.15, -0.1) is 11.6 Å². The molecule has 2 aromatic carbocycles. The Labute approximate surface area is 191 Å². The number of hydrogen-bond donors (Lipinski definition) is 1. The number of carbonyl (C=O) groups excluding carboxylic acids is 2. The average molecular weight is 473 g/mol. The molecule has 0 bridgehead atoms. The molecule has 4 rings (SSSR count). The minimum Gasteiger partial charge on any atom is -0.338 e. The Morgan fingerprint density at radius 1 is 1.15 bits per heavy atom. The number of halogens is 1. The third-order valence-corrected chi connectivity index (χ3v) is 5.79. The molecule has 0 spiro atoms. The number of non-ortho nitro benzene ring substituents is 1. The highest BCUT2D eigenvalue weighted by molar-refractivity contribution is 6.35. The molecule has 0 aliphatic carbocycles. The molecule has 2 unspecified atom stereocenters. The summed E-state index contributed by atoms with van der Waals surface area (Å²) in [5.41, 5.74) is 0.500. The van der Waals surface area contributed by atoms with E-state index in [0.717, 1.165) is 10.3 Å². The maximum atomic E-state index is 12.6. The normalized spacial score (nSPS) is 17.6. The quantitative estimate of drug-likeness (QED) is 0.182.